The molecule has 0 amide bonds. The minimum atomic E-state index is -4.61. The van der Waals surface area contributed by atoms with Gasteiger partial charge in [-0.1, -0.05) is 58.4 Å². The molecule has 108 valence electrons. The lowest BCUT2D eigenvalue weighted by molar-refractivity contribution is -0.0689. The molecule has 21 heavy (non-hydrogen) atoms. The Kier molecular flexibility index (Phi) is 4.63. The van der Waals surface area contributed by atoms with Gasteiger partial charge < -0.3 is 0 Å². The second-order valence-corrected chi connectivity index (χ2v) is 5.21. The number of carbonyl (C=O) groups is 1. The zero-order valence-corrected chi connectivity index (χ0v) is 12.3. The van der Waals surface area contributed by atoms with E-state index >= 15 is 0 Å². The summed E-state index contributed by atoms with van der Waals surface area (Å²) >= 11 is 3.13. The Balaban J connectivity index is 2.47. The predicted molar refractivity (Wildman–Crippen MR) is 78.9 cm³/mol. The van der Waals surface area contributed by atoms with Crippen molar-refractivity contribution in [2.24, 2.45) is 0 Å². The molecule has 2 aromatic carbocycles. The van der Waals surface area contributed by atoms with E-state index in [0.29, 0.717) is 10.5 Å². The molecule has 0 bridgehead atoms. The molecule has 0 aliphatic carbocycles. The van der Waals surface area contributed by atoms with E-state index in [9.17, 15) is 18.0 Å². The Morgan fingerprint density at radius 3 is 2.14 bits per heavy atom. The third-order valence-electron chi connectivity index (χ3n) is 2.77. The lowest BCUT2D eigenvalue weighted by Gasteiger charge is -2.12. The van der Waals surface area contributed by atoms with E-state index in [1.54, 1.807) is 24.3 Å². The van der Waals surface area contributed by atoms with Gasteiger partial charge in [0.15, 0.2) is 5.78 Å². The molecule has 0 aromatic heterocycles. The fourth-order valence-corrected chi connectivity index (χ4v) is 2.20. The average molecular weight is 355 g/mol. The number of allylic oxidation sites excluding steroid dienone is 2. The Morgan fingerprint density at radius 1 is 0.952 bits per heavy atom. The van der Waals surface area contributed by atoms with Crippen molar-refractivity contribution in [3.8, 4) is 0 Å². The van der Waals surface area contributed by atoms with Gasteiger partial charge >= 0.3 is 6.18 Å². The van der Waals surface area contributed by atoms with Crippen LogP contribution in [-0.4, -0.2) is 12.0 Å². The van der Waals surface area contributed by atoms with Crippen LogP contribution in [0.15, 0.2) is 65.1 Å². The van der Waals surface area contributed by atoms with Crippen LogP contribution in [-0.2, 0) is 0 Å². The third kappa shape index (κ3) is 4.04. The van der Waals surface area contributed by atoms with Crippen LogP contribution < -0.4 is 0 Å². The van der Waals surface area contributed by atoms with E-state index in [0.717, 1.165) is 0 Å². The largest absolute Gasteiger partial charge is 0.417 e. The smallest absolute Gasteiger partial charge is 0.289 e. The molecule has 0 fully saturated rings. The second-order valence-electron chi connectivity index (χ2n) is 4.30. The van der Waals surface area contributed by atoms with Gasteiger partial charge in [0.25, 0.3) is 0 Å². The van der Waals surface area contributed by atoms with E-state index in [4.69, 9.17) is 0 Å². The molecule has 0 unspecified atom stereocenters. The lowest BCUT2D eigenvalue weighted by Crippen LogP contribution is -2.12. The van der Waals surface area contributed by atoms with Crippen LogP contribution in [0.5, 0.6) is 0 Å². The predicted octanol–water partition coefficient (Wildman–Crippen LogP) is 5.28. The molecule has 0 aliphatic rings. The summed E-state index contributed by atoms with van der Waals surface area (Å²) in [6.45, 7) is 0. The number of carbonyl (C=O) groups excluding carboxylic acids is 1. The normalized spacial score (nSPS) is 12.3. The van der Waals surface area contributed by atoms with Crippen molar-refractivity contribution in [2.45, 2.75) is 6.18 Å². The van der Waals surface area contributed by atoms with Gasteiger partial charge in [-0.2, -0.15) is 13.2 Å². The molecule has 0 atom stereocenters. The van der Waals surface area contributed by atoms with Gasteiger partial charge in [0, 0.05) is 10.0 Å². The van der Waals surface area contributed by atoms with Crippen LogP contribution in [0.4, 0.5) is 13.2 Å². The number of hydrogen-bond donors (Lipinski definition) is 0. The second kappa shape index (κ2) is 6.26. The molecule has 0 heterocycles. The van der Waals surface area contributed by atoms with Crippen LogP contribution in [0.1, 0.15) is 15.9 Å². The molecule has 0 aliphatic heterocycles. The van der Waals surface area contributed by atoms with Crippen molar-refractivity contribution < 1.29 is 18.0 Å². The maximum atomic E-state index is 13.2. The first-order valence-electron chi connectivity index (χ1n) is 6.02. The van der Waals surface area contributed by atoms with Crippen molar-refractivity contribution in [1.29, 1.82) is 0 Å². The zero-order chi connectivity index (χ0) is 15.5. The summed E-state index contributed by atoms with van der Waals surface area (Å²) in [5.74, 6) is -0.678. The van der Waals surface area contributed by atoms with Crippen LogP contribution >= 0.6 is 15.9 Å². The summed E-state index contributed by atoms with van der Waals surface area (Å²) < 4.78 is 40.0. The fourth-order valence-electron chi connectivity index (χ4n) is 1.80. The highest BCUT2D eigenvalue weighted by molar-refractivity contribution is 9.10. The first kappa shape index (κ1) is 15.5. The number of rotatable bonds is 3. The quantitative estimate of drug-likeness (QED) is 0.541. The third-order valence-corrected chi connectivity index (χ3v) is 3.27. The van der Waals surface area contributed by atoms with E-state index in [-0.39, 0.29) is 11.1 Å². The topological polar surface area (TPSA) is 17.1 Å². The van der Waals surface area contributed by atoms with Crippen LogP contribution in [0.25, 0.3) is 5.57 Å². The Labute approximate surface area is 128 Å². The minimum absolute atomic E-state index is 0.0545. The summed E-state index contributed by atoms with van der Waals surface area (Å²) in [6.07, 6.45) is -3.97. The number of halogens is 4. The molecular formula is C16H10BrF3O. The highest BCUT2D eigenvalue weighted by Gasteiger charge is 2.35. The van der Waals surface area contributed by atoms with E-state index in [1.807, 2.05) is 0 Å². The number of alkyl halides is 3. The van der Waals surface area contributed by atoms with Crippen LogP contribution in [0.2, 0.25) is 0 Å². The summed E-state index contributed by atoms with van der Waals surface area (Å²) in [7, 11) is 0. The summed E-state index contributed by atoms with van der Waals surface area (Å²) in [4.78, 5) is 12.0. The highest BCUT2D eigenvalue weighted by Crippen LogP contribution is 2.35. The Morgan fingerprint density at radius 2 is 1.57 bits per heavy atom. The van der Waals surface area contributed by atoms with E-state index in [2.05, 4.69) is 15.9 Å². The molecule has 5 heteroatoms. The lowest BCUT2D eigenvalue weighted by atomic mass is 10.0. The van der Waals surface area contributed by atoms with Gasteiger partial charge in [-0.15, -0.1) is 0 Å². The maximum absolute atomic E-state index is 13.2. The molecule has 0 radical (unpaired) electrons. The maximum Gasteiger partial charge on any atom is 0.417 e. The highest BCUT2D eigenvalue weighted by atomic mass is 79.9. The molecule has 0 spiro atoms. The van der Waals surface area contributed by atoms with Crippen LogP contribution in [0.3, 0.4) is 0 Å². The minimum Gasteiger partial charge on any atom is -0.289 e. The molecule has 0 saturated carbocycles. The van der Waals surface area contributed by atoms with Gasteiger partial charge in [-0.05, 0) is 23.8 Å². The van der Waals surface area contributed by atoms with Gasteiger partial charge in [-0.3, -0.25) is 4.79 Å². The van der Waals surface area contributed by atoms with Crippen molar-refractivity contribution in [3.63, 3.8) is 0 Å². The fraction of sp³-hybridized carbons (Fsp3) is 0.0625. The molecule has 2 aromatic rings. The summed E-state index contributed by atoms with van der Waals surface area (Å²) in [5.41, 5.74) is -0.798. The SMILES string of the molecule is O=C(/C=C(\c1cccc(Br)c1)C(F)(F)F)c1ccccc1. The summed E-state index contributed by atoms with van der Waals surface area (Å²) in [6, 6.07) is 13.6. The van der Waals surface area contributed by atoms with Crippen molar-refractivity contribution in [2.75, 3.05) is 0 Å². The number of hydrogen-bond acceptors (Lipinski definition) is 1. The monoisotopic (exact) mass is 354 g/mol. The standard InChI is InChI=1S/C16H10BrF3O/c17-13-8-4-7-12(9-13)14(16(18,19)20)10-15(21)11-5-2-1-3-6-11/h1-10H/b14-10+. The first-order valence-corrected chi connectivity index (χ1v) is 6.81. The van der Waals surface area contributed by atoms with Crippen molar-refractivity contribution in [3.05, 3.63) is 76.3 Å². The molecule has 0 N–H and O–H groups in total. The molecule has 2 rings (SSSR count). The molecule has 0 saturated heterocycles. The van der Waals surface area contributed by atoms with E-state index < -0.39 is 17.5 Å². The Hall–Kier alpha value is -1.88. The number of ketones is 1. The van der Waals surface area contributed by atoms with Gasteiger partial charge in [0.1, 0.15) is 0 Å². The van der Waals surface area contributed by atoms with Crippen molar-refractivity contribution >= 4 is 27.3 Å². The summed E-state index contributed by atoms with van der Waals surface area (Å²) in [5, 5.41) is 0. The number of benzene rings is 2. The molecule has 1 nitrogen and oxygen atoms in total. The van der Waals surface area contributed by atoms with E-state index in [1.165, 1.54) is 30.3 Å². The average Bonchev–Trinajstić information content (AvgIpc) is 2.44. The van der Waals surface area contributed by atoms with Crippen molar-refractivity contribution in [1.82, 2.24) is 0 Å². The van der Waals surface area contributed by atoms with Gasteiger partial charge in [-0.25, -0.2) is 0 Å². The molecular weight excluding hydrogens is 345 g/mol. The van der Waals surface area contributed by atoms with Crippen LogP contribution in [0, 0.1) is 0 Å². The first-order chi connectivity index (χ1) is 9.88. The Bertz CT molecular complexity index is 675. The zero-order valence-electron chi connectivity index (χ0n) is 10.7. The van der Waals surface area contributed by atoms with Gasteiger partial charge in [0.2, 0.25) is 0 Å². The van der Waals surface area contributed by atoms with Gasteiger partial charge in [0.05, 0.1) is 5.57 Å².